The van der Waals surface area contributed by atoms with Crippen molar-refractivity contribution < 1.29 is 4.74 Å². The lowest BCUT2D eigenvalue weighted by Gasteiger charge is -2.16. The predicted octanol–water partition coefficient (Wildman–Crippen LogP) is 3.68. The van der Waals surface area contributed by atoms with Gasteiger partial charge in [-0.3, -0.25) is 0 Å². The van der Waals surface area contributed by atoms with Gasteiger partial charge in [-0.05, 0) is 50.1 Å². The van der Waals surface area contributed by atoms with E-state index in [-0.39, 0.29) is 0 Å². The molecule has 2 aromatic rings. The van der Waals surface area contributed by atoms with E-state index in [0.29, 0.717) is 19.1 Å². The van der Waals surface area contributed by atoms with Crippen molar-refractivity contribution in [2.75, 3.05) is 13.2 Å². The zero-order valence-electron chi connectivity index (χ0n) is 12.3. The normalized spacial score (nSPS) is 12.2. The van der Waals surface area contributed by atoms with E-state index >= 15 is 0 Å². The van der Waals surface area contributed by atoms with Crippen LogP contribution in [-0.2, 0) is 6.42 Å². The van der Waals surface area contributed by atoms with Crippen molar-refractivity contribution in [1.29, 1.82) is 0 Å². The maximum Gasteiger partial charge on any atom is 0.119 e. The molecule has 0 bridgehead atoms. The van der Waals surface area contributed by atoms with Crippen LogP contribution in [0.1, 0.15) is 29.5 Å². The molecule has 2 N–H and O–H groups in total. The van der Waals surface area contributed by atoms with E-state index in [2.05, 4.69) is 43.3 Å². The first-order chi connectivity index (χ1) is 9.72. The van der Waals surface area contributed by atoms with Gasteiger partial charge in [-0.25, -0.2) is 0 Å². The lowest BCUT2D eigenvalue weighted by atomic mass is 9.91. The molecule has 0 aliphatic rings. The maximum atomic E-state index is 5.97. The summed E-state index contributed by atoms with van der Waals surface area (Å²) >= 11 is 0. The van der Waals surface area contributed by atoms with Crippen LogP contribution in [0.5, 0.6) is 5.75 Å². The first-order valence-electron chi connectivity index (χ1n) is 7.21. The zero-order valence-corrected chi connectivity index (χ0v) is 12.3. The summed E-state index contributed by atoms with van der Waals surface area (Å²) in [6, 6.07) is 16.9. The Labute approximate surface area is 121 Å². The number of aryl methyl sites for hydroxylation is 1. The Morgan fingerprint density at radius 2 is 1.90 bits per heavy atom. The second-order valence-electron chi connectivity index (χ2n) is 5.13. The Kier molecular flexibility index (Phi) is 5.19. The van der Waals surface area contributed by atoms with Gasteiger partial charge in [0.25, 0.3) is 0 Å². The Bertz CT molecular complexity index is 551. The summed E-state index contributed by atoms with van der Waals surface area (Å²) < 4.78 is 5.56. The molecule has 2 rings (SSSR count). The lowest BCUT2D eigenvalue weighted by molar-refractivity contribution is 0.340. The largest absolute Gasteiger partial charge is 0.494 e. The van der Waals surface area contributed by atoms with Crippen LogP contribution in [0, 0.1) is 6.92 Å². The number of rotatable bonds is 6. The van der Waals surface area contributed by atoms with Gasteiger partial charge in [-0.15, -0.1) is 0 Å². The Hall–Kier alpha value is -1.80. The zero-order chi connectivity index (χ0) is 14.4. The molecule has 0 radical (unpaired) electrons. The highest BCUT2D eigenvalue weighted by molar-refractivity contribution is 5.32. The second-order valence-corrected chi connectivity index (χ2v) is 5.13. The van der Waals surface area contributed by atoms with Crippen molar-refractivity contribution in [3.8, 4) is 5.75 Å². The monoisotopic (exact) mass is 269 g/mol. The summed E-state index contributed by atoms with van der Waals surface area (Å²) in [7, 11) is 0. The molecule has 1 atom stereocenters. The average Bonchev–Trinajstić information content (AvgIpc) is 2.45. The topological polar surface area (TPSA) is 35.2 Å². The summed E-state index contributed by atoms with van der Waals surface area (Å²) in [4.78, 5) is 0. The van der Waals surface area contributed by atoms with Crippen LogP contribution in [0.25, 0.3) is 0 Å². The molecule has 2 heteroatoms. The van der Waals surface area contributed by atoms with E-state index in [9.17, 15) is 0 Å². The van der Waals surface area contributed by atoms with E-state index in [1.807, 2.05) is 19.1 Å². The number of nitrogens with two attached hydrogens (primary N) is 1. The minimum absolute atomic E-state index is 0.353. The molecule has 0 saturated carbocycles. The summed E-state index contributed by atoms with van der Waals surface area (Å²) in [5.41, 5.74) is 9.84. The van der Waals surface area contributed by atoms with E-state index in [4.69, 9.17) is 10.5 Å². The third-order valence-electron chi connectivity index (χ3n) is 3.49. The number of hydrogen-bond donors (Lipinski definition) is 1. The maximum absolute atomic E-state index is 5.97. The summed E-state index contributed by atoms with van der Waals surface area (Å²) in [5, 5.41) is 0. The lowest BCUT2D eigenvalue weighted by Crippen LogP contribution is -2.15. The molecule has 0 aromatic heterocycles. The molecular weight excluding hydrogens is 246 g/mol. The molecule has 2 aromatic carbocycles. The molecule has 1 unspecified atom stereocenters. The van der Waals surface area contributed by atoms with Crippen molar-refractivity contribution >= 4 is 0 Å². The Morgan fingerprint density at radius 3 is 2.60 bits per heavy atom. The average molecular weight is 269 g/mol. The summed E-state index contributed by atoms with van der Waals surface area (Å²) in [6.07, 6.45) is 0.945. The van der Waals surface area contributed by atoms with Crippen molar-refractivity contribution in [3.63, 3.8) is 0 Å². The van der Waals surface area contributed by atoms with Crippen LogP contribution in [0.2, 0.25) is 0 Å². The first-order valence-corrected chi connectivity index (χ1v) is 7.21. The Morgan fingerprint density at radius 1 is 1.10 bits per heavy atom. The van der Waals surface area contributed by atoms with Crippen LogP contribution in [0.4, 0.5) is 0 Å². The molecule has 0 saturated heterocycles. The van der Waals surface area contributed by atoms with Gasteiger partial charge < -0.3 is 10.5 Å². The van der Waals surface area contributed by atoms with Gasteiger partial charge in [0, 0.05) is 5.92 Å². The fourth-order valence-corrected chi connectivity index (χ4v) is 2.47. The quantitative estimate of drug-likeness (QED) is 0.868. The van der Waals surface area contributed by atoms with E-state index in [0.717, 1.165) is 12.2 Å². The minimum Gasteiger partial charge on any atom is -0.494 e. The third kappa shape index (κ3) is 3.84. The van der Waals surface area contributed by atoms with Crippen LogP contribution >= 0.6 is 0 Å². The number of hydrogen-bond acceptors (Lipinski definition) is 2. The molecule has 106 valence electrons. The van der Waals surface area contributed by atoms with Crippen LogP contribution in [0.15, 0.2) is 48.5 Å². The predicted molar refractivity (Wildman–Crippen MR) is 84.3 cm³/mol. The van der Waals surface area contributed by atoms with Crippen molar-refractivity contribution in [3.05, 3.63) is 65.2 Å². The van der Waals surface area contributed by atoms with E-state index in [1.165, 1.54) is 16.7 Å². The van der Waals surface area contributed by atoms with Gasteiger partial charge in [0.2, 0.25) is 0 Å². The Balaban J connectivity index is 2.15. The molecule has 0 spiro atoms. The van der Waals surface area contributed by atoms with Gasteiger partial charge in [0.1, 0.15) is 5.75 Å². The standard InChI is InChI=1S/C18H23NO/c1-3-20-18-9-5-7-15(12-18)11-17(13-19)16-8-4-6-14(2)10-16/h4-10,12,17H,3,11,13,19H2,1-2H3. The number of benzene rings is 2. The second kappa shape index (κ2) is 7.11. The van der Waals surface area contributed by atoms with Crippen molar-refractivity contribution in [2.24, 2.45) is 5.73 Å². The summed E-state index contributed by atoms with van der Waals surface area (Å²) in [5.74, 6) is 1.29. The van der Waals surface area contributed by atoms with E-state index < -0.39 is 0 Å². The molecule has 2 nitrogen and oxygen atoms in total. The van der Waals surface area contributed by atoms with Gasteiger partial charge in [0.05, 0.1) is 6.61 Å². The van der Waals surface area contributed by atoms with E-state index in [1.54, 1.807) is 0 Å². The number of ether oxygens (including phenoxy) is 1. The third-order valence-corrected chi connectivity index (χ3v) is 3.49. The fraction of sp³-hybridized carbons (Fsp3) is 0.333. The molecule has 20 heavy (non-hydrogen) atoms. The summed E-state index contributed by atoms with van der Waals surface area (Å²) in [6.45, 7) is 5.47. The highest BCUT2D eigenvalue weighted by atomic mass is 16.5. The van der Waals surface area contributed by atoms with Gasteiger partial charge in [0.15, 0.2) is 0 Å². The molecule has 0 aliphatic carbocycles. The van der Waals surface area contributed by atoms with Crippen molar-refractivity contribution in [1.82, 2.24) is 0 Å². The smallest absolute Gasteiger partial charge is 0.119 e. The minimum atomic E-state index is 0.353. The SMILES string of the molecule is CCOc1cccc(CC(CN)c2cccc(C)c2)c1. The van der Waals surface area contributed by atoms with Crippen LogP contribution in [-0.4, -0.2) is 13.2 Å². The van der Waals surface area contributed by atoms with Gasteiger partial charge >= 0.3 is 0 Å². The molecule has 0 amide bonds. The van der Waals surface area contributed by atoms with Crippen LogP contribution in [0.3, 0.4) is 0 Å². The molecule has 0 fully saturated rings. The highest BCUT2D eigenvalue weighted by Crippen LogP contribution is 2.23. The molecule has 0 heterocycles. The first kappa shape index (κ1) is 14.6. The van der Waals surface area contributed by atoms with Crippen molar-refractivity contribution in [2.45, 2.75) is 26.2 Å². The molecular formula is C18H23NO. The molecule has 0 aliphatic heterocycles. The van der Waals surface area contributed by atoms with Crippen LogP contribution < -0.4 is 10.5 Å². The fourth-order valence-electron chi connectivity index (χ4n) is 2.47. The highest BCUT2D eigenvalue weighted by Gasteiger charge is 2.11. The van der Waals surface area contributed by atoms with Gasteiger partial charge in [-0.2, -0.15) is 0 Å². The van der Waals surface area contributed by atoms with Gasteiger partial charge in [-0.1, -0.05) is 42.0 Å².